The maximum absolute atomic E-state index is 14.4. The maximum atomic E-state index is 14.4. The Balaban J connectivity index is 1.53. The minimum Gasteiger partial charge on any atom is -0.463 e. The molecule has 2 aromatic heterocycles. The molecule has 0 spiro atoms. The SMILES string of the molecule is CCOC(=O)C1=C(c2ccccc2)N=c2s/c(=C\c3cc(C)n(-c4ccc(C(=O)OCC)cc4)c3C)c(=O)n2[C@@H]1c1ccc(C(C)C)cc1. The summed E-state index contributed by atoms with van der Waals surface area (Å²) in [7, 11) is 0. The Hall–Kier alpha value is -5.28. The lowest BCUT2D eigenvalue weighted by atomic mass is 9.91. The lowest BCUT2D eigenvalue weighted by Gasteiger charge is -2.26. The van der Waals surface area contributed by atoms with E-state index in [1.165, 1.54) is 11.3 Å². The molecule has 0 fully saturated rings. The van der Waals surface area contributed by atoms with Crippen molar-refractivity contribution >= 4 is 35.0 Å². The Bertz CT molecular complexity index is 2240. The largest absolute Gasteiger partial charge is 0.463 e. The highest BCUT2D eigenvalue weighted by Crippen LogP contribution is 2.35. The van der Waals surface area contributed by atoms with Crippen LogP contribution in [0.3, 0.4) is 0 Å². The van der Waals surface area contributed by atoms with Crippen LogP contribution in [0.25, 0.3) is 17.5 Å². The van der Waals surface area contributed by atoms with Gasteiger partial charge in [0.15, 0.2) is 4.80 Å². The summed E-state index contributed by atoms with van der Waals surface area (Å²) in [5.74, 6) is -0.540. The lowest BCUT2D eigenvalue weighted by molar-refractivity contribution is -0.138. The molecule has 8 nitrogen and oxygen atoms in total. The average molecular weight is 674 g/mol. The second kappa shape index (κ2) is 14.1. The molecule has 0 aliphatic carbocycles. The predicted molar refractivity (Wildman–Crippen MR) is 193 cm³/mol. The van der Waals surface area contributed by atoms with Crippen molar-refractivity contribution in [1.82, 2.24) is 9.13 Å². The van der Waals surface area contributed by atoms with Crippen LogP contribution in [0.2, 0.25) is 0 Å². The van der Waals surface area contributed by atoms with E-state index in [1.807, 2.05) is 80.6 Å². The van der Waals surface area contributed by atoms with Gasteiger partial charge in [-0.25, -0.2) is 14.6 Å². The van der Waals surface area contributed by atoms with Crippen molar-refractivity contribution in [3.63, 3.8) is 0 Å². The summed E-state index contributed by atoms with van der Waals surface area (Å²) in [5, 5.41) is 0. The molecule has 0 saturated heterocycles. The summed E-state index contributed by atoms with van der Waals surface area (Å²) >= 11 is 1.30. The molecule has 9 heteroatoms. The first-order chi connectivity index (χ1) is 23.6. The van der Waals surface area contributed by atoms with Crippen LogP contribution in [0.4, 0.5) is 0 Å². The van der Waals surface area contributed by atoms with Crippen molar-refractivity contribution in [2.24, 2.45) is 4.99 Å². The molecular weight excluding hydrogens is 635 g/mol. The number of ether oxygens (including phenoxy) is 2. The zero-order valence-corrected chi connectivity index (χ0v) is 29.3. The Morgan fingerprint density at radius 3 is 2.18 bits per heavy atom. The molecule has 0 unspecified atom stereocenters. The van der Waals surface area contributed by atoms with Crippen LogP contribution < -0.4 is 14.9 Å². The molecule has 1 aliphatic heterocycles. The van der Waals surface area contributed by atoms with Crippen LogP contribution in [0, 0.1) is 13.8 Å². The summed E-state index contributed by atoms with van der Waals surface area (Å²) < 4.78 is 15.0. The first-order valence-corrected chi connectivity index (χ1v) is 17.3. The quantitative estimate of drug-likeness (QED) is 0.164. The van der Waals surface area contributed by atoms with Gasteiger partial charge in [-0.3, -0.25) is 9.36 Å². The van der Waals surface area contributed by atoms with Gasteiger partial charge in [0.2, 0.25) is 0 Å². The van der Waals surface area contributed by atoms with Crippen molar-refractivity contribution in [3.8, 4) is 5.69 Å². The van der Waals surface area contributed by atoms with Gasteiger partial charge >= 0.3 is 11.9 Å². The number of nitrogens with zero attached hydrogens (tertiary/aromatic N) is 3. The third kappa shape index (κ3) is 6.46. The van der Waals surface area contributed by atoms with Crippen LogP contribution in [0.5, 0.6) is 0 Å². The van der Waals surface area contributed by atoms with Crippen LogP contribution in [0.1, 0.15) is 83.7 Å². The number of aromatic nitrogens is 2. The van der Waals surface area contributed by atoms with E-state index in [0.29, 0.717) is 38.7 Å². The normalized spacial score (nSPS) is 14.5. The fraction of sp³-hybridized carbons (Fsp3) is 0.250. The minimum absolute atomic E-state index is 0.189. The van der Waals surface area contributed by atoms with E-state index >= 15 is 0 Å². The number of carbonyl (C=O) groups is 2. The zero-order chi connectivity index (χ0) is 34.8. The molecule has 0 bridgehead atoms. The Morgan fingerprint density at radius 2 is 1.55 bits per heavy atom. The highest BCUT2D eigenvalue weighted by atomic mass is 32.1. The molecule has 0 amide bonds. The van der Waals surface area contributed by atoms with Crippen LogP contribution >= 0.6 is 11.3 Å². The topological polar surface area (TPSA) is 91.9 Å². The van der Waals surface area contributed by atoms with Crippen molar-refractivity contribution in [1.29, 1.82) is 0 Å². The summed E-state index contributed by atoms with van der Waals surface area (Å²) in [6, 6.07) is 26.2. The molecule has 0 saturated carbocycles. The maximum Gasteiger partial charge on any atom is 0.338 e. The molecule has 0 N–H and O–H groups in total. The molecule has 6 rings (SSSR count). The Morgan fingerprint density at radius 1 is 0.898 bits per heavy atom. The molecule has 5 aromatic rings. The molecule has 1 aliphatic rings. The smallest absolute Gasteiger partial charge is 0.338 e. The highest BCUT2D eigenvalue weighted by Gasteiger charge is 2.35. The highest BCUT2D eigenvalue weighted by molar-refractivity contribution is 7.07. The third-order valence-electron chi connectivity index (χ3n) is 8.69. The number of esters is 2. The second-order valence-electron chi connectivity index (χ2n) is 12.2. The zero-order valence-electron chi connectivity index (χ0n) is 28.5. The molecule has 49 heavy (non-hydrogen) atoms. The summed E-state index contributed by atoms with van der Waals surface area (Å²) in [6.07, 6.45) is 1.89. The van der Waals surface area contributed by atoms with Gasteiger partial charge in [-0.2, -0.15) is 0 Å². The van der Waals surface area contributed by atoms with E-state index < -0.39 is 12.0 Å². The second-order valence-corrected chi connectivity index (χ2v) is 13.2. The summed E-state index contributed by atoms with van der Waals surface area (Å²) in [5.41, 5.74) is 7.47. The van der Waals surface area contributed by atoms with Crippen molar-refractivity contribution in [3.05, 3.63) is 149 Å². The number of hydrogen-bond acceptors (Lipinski definition) is 7. The number of benzene rings is 3. The van der Waals surface area contributed by atoms with Crippen LogP contribution in [0.15, 0.2) is 100 Å². The van der Waals surface area contributed by atoms with Crippen LogP contribution in [-0.2, 0) is 14.3 Å². The molecule has 0 radical (unpaired) electrons. The summed E-state index contributed by atoms with van der Waals surface area (Å²) in [4.78, 5) is 45.9. The molecule has 250 valence electrons. The van der Waals surface area contributed by atoms with Gasteiger partial charge < -0.3 is 14.0 Å². The van der Waals surface area contributed by atoms with Gasteiger partial charge in [0, 0.05) is 22.6 Å². The van der Waals surface area contributed by atoms with Crippen molar-refractivity contribution in [2.45, 2.75) is 53.5 Å². The first kappa shape index (κ1) is 33.6. The van der Waals surface area contributed by atoms with Gasteiger partial charge in [0.25, 0.3) is 5.56 Å². The summed E-state index contributed by atoms with van der Waals surface area (Å²) in [6.45, 7) is 12.3. The average Bonchev–Trinajstić information content (AvgIpc) is 3.57. The van der Waals surface area contributed by atoms with Gasteiger partial charge in [-0.1, -0.05) is 79.8 Å². The van der Waals surface area contributed by atoms with Crippen LogP contribution in [-0.4, -0.2) is 34.3 Å². The third-order valence-corrected chi connectivity index (χ3v) is 9.67. The number of carbonyl (C=O) groups excluding carboxylic acids is 2. The van der Waals surface area contributed by atoms with E-state index in [-0.39, 0.29) is 18.1 Å². The number of rotatable bonds is 9. The van der Waals surface area contributed by atoms with Gasteiger partial charge in [0.1, 0.15) is 0 Å². The Kier molecular flexibility index (Phi) is 9.65. The minimum atomic E-state index is -0.737. The number of hydrogen-bond donors (Lipinski definition) is 0. The number of thiazole rings is 1. The van der Waals surface area contributed by atoms with E-state index in [1.54, 1.807) is 30.5 Å². The molecular formula is C40H39N3O5S. The fourth-order valence-corrected chi connectivity index (χ4v) is 7.24. The van der Waals surface area contributed by atoms with E-state index in [0.717, 1.165) is 39.3 Å². The monoisotopic (exact) mass is 673 g/mol. The Labute approximate surface area is 289 Å². The van der Waals surface area contributed by atoms with E-state index in [2.05, 4.69) is 30.5 Å². The number of aryl methyl sites for hydroxylation is 1. The van der Waals surface area contributed by atoms with Gasteiger partial charge in [0.05, 0.1) is 40.6 Å². The molecule has 3 heterocycles. The predicted octanol–water partition coefficient (Wildman–Crippen LogP) is 6.64. The van der Waals surface area contributed by atoms with Gasteiger partial charge in [-0.15, -0.1) is 0 Å². The van der Waals surface area contributed by atoms with Gasteiger partial charge in [-0.05, 0) is 86.7 Å². The molecule has 1 atom stereocenters. The molecule has 3 aromatic carbocycles. The fourth-order valence-electron chi connectivity index (χ4n) is 6.25. The first-order valence-electron chi connectivity index (χ1n) is 16.5. The van der Waals surface area contributed by atoms with E-state index in [9.17, 15) is 14.4 Å². The van der Waals surface area contributed by atoms with Crippen molar-refractivity contribution < 1.29 is 19.1 Å². The standard InChI is InChI=1S/C40H39N3O5S/c1-7-47-38(45)30-18-20-32(21-19-30)42-25(5)22-31(26(42)6)23-33-37(44)43-36(29-16-14-27(15-17-29)24(3)4)34(39(46)48-8-2)35(41-40(43)49-33)28-12-10-9-11-13-28/h9-24,36H,7-8H2,1-6H3/b33-23-/t36-/m1/s1. The van der Waals surface area contributed by atoms with E-state index in [4.69, 9.17) is 14.5 Å². The number of fused-ring (bicyclic) bond motifs is 1. The lowest BCUT2D eigenvalue weighted by Crippen LogP contribution is -2.40. The van der Waals surface area contributed by atoms with Crippen molar-refractivity contribution in [2.75, 3.05) is 13.2 Å².